The fourth-order valence-electron chi connectivity index (χ4n) is 1.72. The molecule has 1 N–H and O–H groups in total. The third kappa shape index (κ3) is 5.20. The van der Waals surface area contributed by atoms with Gasteiger partial charge in [0.15, 0.2) is 0 Å². The van der Waals surface area contributed by atoms with Gasteiger partial charge in [0.05, 0.1) is 6.07 Å². The van der Waals surface area contributed by atoms with E-state index in [4.69, 9.17) is 16.9 Å². The van der Waals surface area contributed by atoms with Gasteiger partial charge in [-0.15, -0.1) is 0 Å². The van der Waals surface area contributed by atoms with Gasteiger partial charge in [-0.2, -0.15) is 5.26 Å². The maximum atomic E-state index is 11.7. The molecule has 18 heavy (non-hydrogen) atoms. The molecule has 0 radical (unpaired) electrons. The summed E-state index contributed by atoms with van der Waals surface area (Å²) in [7, 11) is 0. The minimum Gasteiger partial charge on any atom is -0.326 e. The summed E-state index contributed by atoms with van der Waals surface area (Å²) in [5, 5.41) is 12.3. The Morgan fingerprint density at radius 3 is 2.89 bits per heavy atom. The van der Waals surface area contributed by atoms with Crippen LogP contribution in [0.5, 0.6) is 0 Å². The number of amides is 1. The maximum Gasteiger partial charge on any atom is 0.224 e. The lowest BCUT2D eigenvalue weighted by molar-refractivity contribution is -0.116. The van der Waals surface area contributed by atoms with Crippen LogP contribution in [-0.2, 0) is 4.79 Å². The zero-order valence-electron chi connectivity index (χ0n) is 10.4. The maximum absolute atomic E-state index is 11.7. The first-order valence-corrected chi connectivity index (χ1v) is 6.48. The molecule has 1 aromatic rings. The number of benzene rings is 1. The summed E-state index contributed by atoms with van der Waals surface area (Å²) in [5.74, 6) is -0.103. The van der Waals surface area contributed by atoms with E-state index in [-0.39, 0.29) is 11.8 Å². The molecule has 1 unspecified atom stereocenters. The van der Waals surface area contributed by atoms with E-state index in [1.54, 1.807) is 24.3 Å². The van der Waals surface area contributed by atoms with Gasteiger partial charge in [0, 0.05) is 23.0 Å². The molecule has 1 aromatic carbocycles. The SMILES string of the molecule is CCCC(C#N)CCC(=O)Nc1cccc(Cl)c1. The highest BCUT2D eigenvalue weighted by molar-refractivity contribution is 6.30. The lowest BCUT2D eigenvalue weighted by atomic mass is 9.99. The van der Waals surface area contributed by atoms with E-state index in [0.717, 1.165) is 12.8 Å². The lowest BCUT2D eigenvalue weighted by Gasteiger charge is -2.08. The Morgan fingerprint density at radius 1 is 1.50 bits per heavy atom. The summed E-state index contributed by atoms with van der Waals surface area (Å²) in [6.07, 6.45) is 2.79. The van der Waals surface area contributed by atoms with Gasteiger partial charge in [-0.25, -0.2) is 0 Å². The summed E-state index contributed by atoms with van der Waals surface area (Å²) < 4.78 is 0. The molecule has 4 heteroatoms. The quantitative estimate of drug-likeness (QED) is 0.844. The van der Waals surface area contributed by atoms with Crippen LogP contribution in [0.15, 0.2) is 24.3 Å². The van der Waals surface area contributed by atoms with E-state index >= 15 is 0 Å². The second kappa shape index (κ2) is 7.73. The number of nitriles is 1. The molecule has 96 valence electrons. The zero-order valence-corrected chi connectivity index (χ0v) is 11.2. The van der Waals surface area contributed by atoms with E-state index in [2.05, 4.69) is 11.4 Å². The monoisotopic (exact) mass is 264 g/mol. The van der Waals surface area contributed by atoms with Gasteiger partial charge in [-0.1, -0.05) is 31.0 Å². The van der Waals surface area contributed by atoms with Crippen molar-refractivity contribution < 1.29 is 4.79 Å². The van der Waals surface area contributed by atoms with Gasteiger partial charge < -0.3 is 5.32 Å². The average molecular weight is 265 g/mol. The van der Waals surface area contributed by atoms with Gasteiger partial charge in [-0.3, -0.25) is 4.79 Å². The topological polar surface area (TPSA) is 52.9 Å². The molecule has 0 saturated carbocycles. The second-order valence-electron chi connectivity index (χ2n) is 4.21. The molecular weight excluding hydrogens is 248 g/mol. The van der Waals surface area contributed by atoms with Crippen LogP contribution in [0.2, 0.25) is 5.02 Å². The van der Waals surface area contributed by atoms with Crippen molar-refractivity contribution >= 4 is 23.2 Å². The zero-order chi connectivity index (χ0) is 13.4. The number of nitrogens with zero attached hydrogens (tertiary/aromatic N) is 1. The van der Waals surface area contributed by atoms with Crippen molar-refractivity contribution in [2.45, 2.75) is 32.6 Å². The third-order valence-corrected chi connectivity index (χ3v) is 2.88. The minimum absolute atomic E-state index is 0.0277. The van der Waals surface area contributed by atoms with Crippen LogP contribution in [0.4, 0.5) is 5.69 Å². The fourth-order valence-corrected chi connectivity index (χ4v) is 1.91. The highest BCUT2D eigenvalue weighted by Crippen LogP contribution is 2.16. The van der Waals surface area contributed by atoms with E-state index in [9.17, 15) is 4.79 Å². The van der Waals surface area contributed by atoms with Crippen molar-refractivity contribution in [3.8, 4) is 6.07 Å². The number of anilines is 1. The molecule has 0 aliphatic carbocycles. The molecule has 1 rings (SSSR count). The first-order chi connectivity index (χ1) is 8.65. The fraction of sp³-hybridized carbons (Fsp3) is 0.429. The van der Waals surface area contributed by atoms with E-state index in [1.165, 1.54) is 0 Å². The summed E-state index contributed by atoms with van der Waals surface area (Å²) in [4.78, 5) is 11.7. The number of carbonyl (C=O) groups is 1. The van der Waals surface area contributed by atoms with Crippen molar-refractivity contribution in [2.75, 3.05) is 5.32 Å². The highest BCUT2D eigenvalue weighted by atomic mass is 35.5. The highest BCUT2D eigenvalue weighted by Gasteiger charge is 2.09. The normalized spacial score (nSPS) is 11.6. The number of hydrogen-bond acceptors (Lipinski definition) is 2. The Bertz CT molecular complexity index is 440. The summed E-state index contributed by atoms with van der Waals surface area (Å²) in [6.45, 7) is 2.04. The van der Waals surface area contributed by atoms with Crippen LogP contribution in [-0.4, -0.2) is 5.91 Å². The van der Waals surface area contributed by atoms with Crippen molar-refractivity contribution in [1.82, 2.24) is 0 Å². The summed E-state index contributed by atoms with van der Waals surface area (Å²) in [5.41, 5.74) is 0.691. The molecule has 3 nitrogen and oxygen atoms in total. The lowest BCUT2D eigenvalue weighted by Crippen LogP contribution is -2.13. The number of nitrogens with one attached hydrogen (secondary N) is 1. The number of hydrogen-bond donors (Lipinski definition) is 1. The first-order valence-electron chi connectivity index (χ1n) is 6.10. The smallest absolute Gasteiger partial charge is 0.224 e. The molecular formula is C14H17ClN2O. The number of rotatable bonds is 6. The molecule has 1 atom stereocenters. The van der Waals surface area contributed by atoms with Gasteiger partial charge >= 0.3 is 0 Å². The van der Waals surface area contributed by atoms with Crippen LogP contribution in [0.1, 0.15) is 32.6 Å². The first kappa shape index (κ1) is 14.5. The van der Waals surface area contributed by atoms with E-state index in [1.807, 2.05) is 6.92 Å². The molecule has 0 fully saturated rings. The average Bonchev–Trinajstić information content (AvgIpc) is 2.34. The van der Waals surface area contributed by atoms with E-state index < -0.39 is 0 Å². The molecule has 0 aliphatic heterocycles. The Hall–Kier alpha value is -1.53. The third-order valence-electron chi connectivity index (χ3n) is 2.65. The number of halogens is 1. The van der Waals surface area contributed by atoms with Gasteiger partial charge in [0.2, 0.25) is 5.91 Å². The van der Waals surface area contributed by atoms with Crippen molar-refractivity contribution in [3.63, 3.8) is 0 Å². The molecule has 0 spiro atoms. The molecule has 0 aromatic heterocycles. The molecule has 0 aliphatic rings. The van der Waals surface area contributed by atoms with Crippen molar-refractivity contribution in [3.05, 3.63) is 29.3 Å². The van der Waals surface area contributed by atoms with Crippen molar-refractivity contribution in [1.29, 1.82) is 5.26 Å². The van der Waals surface area contributed by atoms with Crippen LogP contribution in [0.3, 0.4) is 0 Å². The largest absolute Gasteiger partial charge is 0.326 e. The van der Waals surface area contributed by atoms with Crippen LogP contribution in [0.25, 0.3) is 0 Å². The standard InChI is InChI=1S/C14H17ClN2O/c1-2-4-11(10-16)7-8-14(18)17-13-6-3-5-12(15)9-13/h3,5-6,9,11H,2,4,7-8H2,1H3,(H,17,18). The van der Waals surface area contributed by atoms with Gasteiger partial charge in [0.25, 0.3) is 0 Å². The molecule has 0 heterocycles. The Labute approximate surface area is 113 Å². The summed E-state index contributed by atoms with van der Waals surface area (Å²) >= 11 is 5.83. The van der Waals surface area contributed by atoms with Crippen molar-refractivity contribution in [2.24, 2.45) is 5.92 Å². The molecule has 1 amide bonds. The Morgan fingerprint density at radius 2 is 2.28 bits per heavy atom. The Kier molecular flexibility index (Phi) is 6.24. The second-order valence-corrected chi connectivity index (χ2v) is 4.65. The van der Waals surface area contributed by atoms with Gasteiger partial charge in [-0.05, 0) is 31.0 Å². The summed E-state index contributed by atoms with van der Waals surface area (Å²) in [6, 6.07) is 9.26. The van der Waals surface area contributed by atoms with Crippen LogP contribution in [0, 0.1) is 17.2 Å². The predicted octanol–water partition coefficient (Wildman–Crippen LogP) is 4.00. The minimum atomic E-state index is -0.0754. The van der Waals surface area contributed by atoms with Crippen LogP contribution < -0.4 is 5.32 Å². The Balaban J connectivity index is 2.40. The molecule has 0 saturated heterocycles. The van der Waals surface area contributed by atoms with E-state index in [0.29, 0.717) is 23.6 Å². The van der Waals surface area contributed by atoms with Gasteiger partial charge in [0.1, 0.15) is 0 Å². The van der Waals surface area contributed by atoms with Crippen LogP contribution >= 0.6 is 11.6 Å². The molecule has 0 bridgehead atoms. The number of carbonyl (C=O) groups excluding carboxylic acids is 1. The predicted molar refractivity (Wildman–Crippen MR) is 73.3 cm³/mol.